The van der Waals surface area contributed by atoms with Crippen molar-refractivity contribution < 1.29 is 9.90 Å². The number of fused-ring (bicyclic) bond motifs is 1. The van der Waals surface area contributed by atoms with Gasteiger partial charge in [0.1, 0.15) is 5.56 Å². The molecule has 2 N–H and O–H groups in total. The Bertz CT molecular complexity index is 530. The Balaban J connectivity index is 2.63. The zero-order chi connectivity index (χ0) is 10.8. The Labute approximate surface area is 90.7 Å². The van der Waals surface area contributed by atoms with Crippen molar-refractivity contribution in [1.82, 2.24) is 5.32 Å². The summed E-state index contributed by atoms with van der Waals surface area (Å²) in [6, 6.07) is 7.38. The molecule has 1 heterocycles. The van der Waals surface area contributed by atoms with E-state index in [0.717, 1.165) is 10.1 Å². The van der Waals surface area contributed by atoms with Gasteiger partial charge >= 0.3 is 0 Å². The largest absolute Gasteiger partial charge is 0.499 e. The lowest BCUT2D eigenvalue weighted by Gasteiger charge is -1.98. The molecule has 2 aromatic rings. The van der Waals surface area contributed by atoms with Gasteiger partial charge in [0.15, 0.2) is 5.06 Å². The van der Waals surface area contributed by atoms with E-state index in [1.54, 1.807) is 0 Å². The first-order valence-electron chi connectivity index (χ1n) is 4.36. The third-order valence-corrected chi connectivity index (χ3v) is 3.01. The Kier molecular flexibility index (Phi) is 2.43. The van der Waals surface area contributed by atoms with Gasteiger partial charge in [-0.3, -0.25) is 4.79 Å². The molecule has 0 fully saturated rings. The van der Waals surface area contributed by atoms with Crippen molar-refractivity contribution in [1.29, 1.82) is 0 Å². The summed E-state index contributed by atoms with van der Waals surface area (Å²) >= 11 is 1.19. The smallest absolute Gasteiger partial charge is 0.260 e. The minimum Gasteiger partial charge on any atom is -0.499 e. The predicted octanol–water partition coefficient (Wildman–Crippen LogP) is 2.48. The summed E-state index contributed by atoms with van der Waals surface area (Å²) in [6.07, 6.45) is 1.30. The average molecular weight is 219 g/mol. The second-order valence-electron chi connectivity index (χ2n) is 2.96. The molecule has 0 saturated heterocycles. The van der Waals surface area contributed by atoms with Crippen LogP contribution in [0.25, 0.3) is 10.1 Å². The molecule has 76 valence electrons. The van der Waals surface area contributed by atoms with Gasteiger partial charge in [-0.2, -0.15) is 0 Å². The predicted molar refractivity (Wildman–Crippen MR) is 61.2 cm³/mol. The molecular formula is C11H9NO2S. The maximum absolute atomic E-state index is 11.6. The molecule has 4 heteroatoms. The van der Waals surface area contributed by atoms with Gasteiger partial charge in [-0.25, -0.2) is 0 Å². The third-order valence-electron chi connectivity index (χ3n) is 2.04. The molecule has 0 aliphatic carbocycles. The number of nitrogens with one attached hydrogen (secondary N) is 1. The minimum atomic E-state index is -0.333. The van der Waals surface area contributed by atoms with Crippen molar-refractivity contribution in [2.75, 3.05) is 0 Å². The van der Waals surface area contributed by atoms with E-state index in [1.807, 2.05) is 24.3 Å². The first kappa shape index (κ1) is 9.73. The van der Waals surface area contributed by atoms with Gasteiger partial charge in [0.05, 0.1) is 0 Å². The van der Waals surface area contributed by atoms with Gasteiger partial charge in [-0.05, 0) is 12.3 Å². The molecule has 0 aliphatic heterocycles. The van der Waals surface area contributed by atoms with Crippen LogP contribution >= 0.6 is 11.3 Å². The normalized spacial score (nSPS) is 10.1. The van der Waals surface area contributed by atoms with Crippen molar-refractivity contribution in [2.45, 2.75) is 0 Å². The maximum Gasteiger partial charge on any atom is 0.260 e. The molecule has 0 bridgehead atoms. The first-order chi connectivity index (χ1) is 7.24. The number of amides is 1. The Hall–Kier alpha value is -1.81. The standard InChI is InChI=1S/C11H9NO2S/c1-2-12-10(13)9-7-5-3-4-6-8(7)15-11(9)14/h2-6,14H,1H2,(H,12,13). The number of carbonyl (C=O) groups excluding carboxylic acids is 1. The number of hydrogen-bond acceptors (Lipinski definition) is 3. The number of carbonyl (C=O) groups is 1. The zero-order valence-corrected chi connectivity index (χ0v) is 8.67. The molecule has 0 unspecified atom stereocenters. The van der Waals surface area contributed by atoms with Crippen molar-refractivity contribution in [3.05, 3.63) is 42.6 Å². The second-order valence-corrected chi connectivity index (χ2v) is 3.99. The van der Waals surface area contributed by atoms with Crippen molar-refractivity contribution in [3.63, 3.8) is 0 Å². The van der Waals surface area contributed by atoms with Crippen LogP contribution in [-0.2, 0) is 0 Å². The molecule has 0 radical (unpaired) electrons. The van der Waals surface area contributed by atoms with Crippen LogP contribution in [0, 0.1) is 0 Å². The quantitative estimate of drug-likeness (QED) is 0.815. The number of benzene rings is 1. The van der Waals surface area contributed by atoms with E-state index in [-0.39, 0.29) is 11.0 Å². The van der Waals surface area contributed by atoms with E-state index in [9.17, 15) is 9.90 Å². The molecule has 0 atom stereocenters. The van der Waals surface area contributed by atoms with Gasteiger partial charge in [-0.1, -0.05) is 36.1 Å². The highest BCUT2D eigenvalue weighted by Crippen LogP contribution is 2.36. The highest BCUT2D eigenvalue weighted by atomic mass is 32.1. The number of hydrogen-bond donors (Lipinski definition) is 2. The van der Waals surface area contributed by atoms with Crippen LogP contribution < -0.4 is 5.32 Å². The van der Waals surface area contributed by atoms with E-state index in [2.05, 4.69) is 11.9 Å². The molecule has 0 spiro atoms. The summed E-state index contributed by atoms with van der Waals surface area (Å²) in [6.45, 7) is 3.41. The molecule has 1 aromatic heterocycles. The van der Waals surface area contributed by atoms with Crippen LogP contribution in [0.3, 0.4) is 0 Å². The fraction of sp³-hybridized carbons (Fsp3) is 0. The lowest BCUT2D eigenvalue weighted by atomic mass is 10.1. The molecule has 0 saturated carbocycles. The van der Waals surface area contributed by atoms with E-state index in [1.165, 1.54) is 17.5 Å². The SMILES string of the molecule is C=CNC(=O)c1c(O)sc2ccccc12. The lowest BCUT2D eigenvalue weighted by molar-refractivity contribution is 0.0970. The van der Waals surface area contributed by atoms with Crippen LogP contribution in [0.1, 0.15) is 10.4 Å². The molecule has 15 heavy (non-hydrogen) atoms. The Morgan fingerprint density at radius 2 is 2.20 bits per heavy atom. The monoisotopic (exact) mass is 219 g/mol. The minimum absolute atomic E-state index is 0.0375. The zero-order valence-electron chi connectivity index (χ0n) is 7.86. The average Bonchev–Trinajstić information content (AvgIpc) is 2.54. The Morgan fingerprint density at radius 3 is 2.93 bits per heavy atom. The van der Waals surface area contributed by atoms with Crippen LogP contribution in [-0.4, -0.2) is 11.0 Å². The van der Waals surface area contributed by atoms with Gasteiger partial charge in [0.2, 0.25) is 0 Å². The van der Waals surface area contributed by atoms with Crippen molar-refractivity contribution in [2.24, 2.45) is 0 Å². The van der Waals surface area contributed by atoms with Crippen molar-refractivity contribution >= 4 is 27.3 Å². The van der Waals surface area contributed by atoms with Crippen LogP contribution in [0.5, 0.6) is 5.06 Å². The maximum atomic E-state index is 11.6. The fourth-order valence-corrected chi connectivity index (χ4v) is 2.36. The summed E-state index contributed by atoms with van der Waals surface area (Å²) in [7, 11) is 0. The Morgan fingerprint density at radius 1 is 1.47 bits per heavy atom. The molecule has 0 aliphatic rings. The summed E-state index contributed by atoms with van der Waals surface area (Å²) in [5.74, 6) is -0.333. The molecular weight excluding hydrogens is 210 g/mol. The number of thiophene rings is 1. The van der Waals surface area contributed by atoms with Gasteiger partial charge < -0.3 is 10.4 Å². The molecule has 3 nitrogen and oxygen atoms in total. The molecule has 2 rings (SSSR count). The van der Waals surface area contributed by atoms with Crippen LogP contribution in [0.4, 0.5) is 0 Å². The lowest BCUT2D eigenvalue weighted by Crippen LogP contribution is -2.16. The van der Waals surface area contributed by atoms with Crippen LogP contribution in [0.15, 0.2) is 37.0 Å². The first-order valence-corrected chi connectivity index (χ1v) is 5.18. The van der Waals surface area contributed by atoms with Crippen LogP contribution in [0.2, 0.25) is 0 Å². The molecule has 1 aromatic carbocycles. The van der Waals surface area contributed by atoms with Gasteiger partial charge in [0, 0.05) is 10.1 Å². The summed E-state index contributed by atoms with van der Waals surface area (Å²) < 4.78 is 0.893. The summed E-state index contributed by atoms with van der Waals surface area (Å²) in [5.41, 5.74) is 0.315. The fourth-order valence-electron chi connectivity index (χ4n) is 1.42. The van der Waals surface area contributed by atoms with E-state index < -0.39 is 0 Å². The number of rotatable bonds is 2. The summed E-state index contributed by atoms with van der Waals surface area (Å²) in [5, 5.41) is 12.9. The highest BCUT2D eigenvalue weighted by molar-refractivity contribution is 7.21. The highest BCUT2D eigenvalue weighted by Gasteiger charge is 2.16. The molecule has 1 amide bonds. The van der Waals surface area contributed by atoms with E-state index in [4.69, 9.17) is 0 Å². The summed E-state index contributed by atoms with van der Waals surface area (Å²) in [4.78, 5) is 11.6. The van der Waals surface area contributed by atoms with Gasteiger partial charge in [0.25, 0.3) is 5.91 Å². The second kappa shape index (κ2) is 3.74. The van der Waals surface area contributed by atoms with E-state index >= 15 is 0 Å². The van der Waals surface area contributed by atoms with Gasteiger partial charge in [-0.15, -0.1) is 0 Å². The topological polar surface area (TPSA) is 49.3 Å². The number of aromatic hydroxyl groups is 1. The van der Waals surface area contributed by atoms with E-state index in [0.29, 0.717) is 5.56 Å². The van der Waals surface area contributed by atoms with Crippen molar-refractivity contribution in [3.8, 4) is 5.06 Å². The third kappa shape index (κ3) is 1.59.